The van der Waals surface area contributed by atoms with Crippen molar-refractivity contribution in [2.24, 2.45) is 0 Å². The smallest absolute Gasteiger partial charge is 0.164 e. The van der Waals surface area contributed by atoms with Gasteiger partial charge in [0.2, 0.25) is 0 Å². The number of aromatic hydroxyl groups is 1. The number of aryl methyl sites for hydroxylation is 1. The molecule has 0 saturated carbocycles. The van der Waals surface area contributed by atoms with Crippen molar-refractivity contribution in [2.75, 3.05) is 6.54 Å². The summed E-state index contributed by atoms with van der Waals surface area (Å²) < 4.78 is 0. The lowest BCUT2D eigenvalue weighted by atomic mass is 10.00. The first kappa shape index (κ1) is 17.0. The van der Waals surface area contributed by atoms with E-state index in [4.69, 9.17) is 10.2 Å². The average Bonchev–Trinajstić information content (AvgIpc) is 2.40. The van der Waals surface area contributed by atoms with Crippen molar-refractivity contribution >= 4 is 0 Å². The maximum Gasteiger partial charge on any atom is 0.164 e. The molecule has 0 heterocycles. The van der Waals surface area contributed by atoms with Gasteiger partial charge in [-0.3, -0.25) is 0 Å². The zero-order valence-corrected chi connectivity index (χ0v) is 12.3. The quantitative estimate of drug-likeness (QED) is 0.392. The summed E-state index contributed by atoms with van der Waals surface area (Å²) in [6, 6.07) is 5.42. The van der Waals surface area contributed by atoms with Gasteiger partial charge in [-0.1, -0.05) is 38.7 Å². The molecule has 4 heteroatoms. The molecule has 0 aromatic heterocycles. The average molecular weight is 281 g/mol. The number of aliphatic hydroxyl groups is 2. The van der Waals surface area contributed by atoms with Gasteiger partial charge in [-0.05, 0) is 36.1 Å². The Bertz CT molecular complexity index is 380. The van der Waals surface area contributed by atoms with E-state index in [0.29, 0.717) is 6.54 Å². The van der Waals surface area contributed by atoms with Crippen molar-refractivity contribution in [2.45, 2.75) is 58.3 Å². The fourth-order valence-electron chi connectivity index (χ4n) is 2.28. The van der Waals surface area contributed by atoms with Crippen LogP contribution in [0.4, 0.5) is 0 Å². The topological polar surface area (TPSA) is 72.7 Å². The Hall–Kier alpha value is -1.10. The SMILES string of the molecule is CCCCCCCc1ccc(O)cc1CNCC(O)O. The third-order valence-corrected chi connectivity index (χ3v) is 3.38. The van der Waals surface area contributed by atoms with E-state index in [1.165, 1.54) is 31.2 Å². The molecule has 0 fully saturated rings. The second kappa shape index (κ2) is 9.75. The minimum absolute atomic E-state index is 0.131. The summed E-state index contributed by atoms with van der Waals surface area (Å²) in [4.78, 5) is 0. The Morgan fingerprint density at radius 3 is 2.50 bits per heavy atom. The number of hydrogen-bond acceptors (Lipinski definition) is 4. The minimum atomic E-state index is -1.34. The number of phenols is 1. The largest absolute Gasteiger partial charge is 0.508 e. The number of hydrogen-bond donors (Lipinski definition) is 4. The van der Waals surface area contributed by atoms with Gasteiger partial charge < -0.3 is 20.6 Å². The Morgan fingerprint density at radius 2 is 1.80 bits per heavy atom. The van der Waals surface area contributed by atoms with E-state index >= 15 is 0 Å². The highest BCUT2D eigenvalue weighted by Gasteiger charge is 2.05. The first-order chi connectivity index (χ1) is 9.63. The second-order valence-corrected chi connectivity index (χ2v) is 5.23. The lowest BCUT2D eigenvalue weighted by molar-refractivity contribution is -0.0373. The predicted octanol–water partition coefficient (Wildman–Crippen LogP) is 2.31. The van der Waals surface area contributed by atoms with Crippen molar-refractivity contribution in [3.63, 3.8) is 0 Å². The molecule has 1 aromatic rings. The zero-order valence-electron chi connectivity index (χ0n) is 12.3. The molecule has 4 nitrogen and oxygen atoms in total. The molecule has 0 amide bonds. The van der Waals surface area contributed by atoms with Gasteiger partial charge in [0.05, 0.1) is 0 Å². The summed E-state index contributed by atoms with van der Waals surface area (Å²) in [5, 5.41) is 30.2. The molecule has 0 atom stereocenters. The Labute approximate surface area is 121 Å². The Kier molecular flexibility index (Phi) is 8.26. The number of aliphatic hydroxyl groups excluding tert-OH is 1. The van der Waals surface area contributed by atoms with Crippen LogP contribution in [-0.2, 0) is 13.0 Å². The van der Waals surface area contributed by atoms with E-state index in [-0.39, 0.29) is 12.3 Å². The summed E-state index contributed by atoms with van der Waals surface area (Å²) >= 11 is 0. The van der Waals surface area contributed by atoms with E-state index in [1.54, 1.807) is 12.1 Å². The lowest BCUT2D eigenvalue weighted by Gasteiger charge is -2.12. The van der Waals surface area contributed by atoms with Crippen molar-refractivity contribution in [3.05, 3.63) is 29.3 Å². The van der Waals surface area contributed by atoms with Crippen LogP contribution in [0.2, 0.25) is 0 Å². The van der Waals surface area contributed by atoms with Gasteiger partial charge in [-0.25, -0.2) is 0 Å². The molecule has 0 bridgehead atoms. The molecule has 0 saturated heterocycles. The molecule has 0 unspecified atom stereocenters. The minimum Gasteiger partial charge on any atom is -0.508 e. The normalized spacial score (nSPS) is 11.2. The summed E-state index contributed by atoms with van der Waals surface area (Å²) in [5.74, 6) is 0.251. The summed E-state index contributed by atoms with van der Waals surface area (Å²) in [6.45, 7) is 2.88. The van der Waals surface area contributed by atoms with Crippen LogP contribution in [0.15, 0.2) is 18.2 Å². The molecule has 1 rings (SSSR count). The maximum absolute atomic E-state index is 9.56. The van der Waals surface area contributed by atoms with Crippen LogP contribution in [0.1, 0.15) is 50.2 Å². The number of phenolic OH excluding ortho intramolecular Hbond substituents is 1. The Morgan fingerprint density at radius 1 is 1.05 bits per heavy atom. The number of unbranched alkanes of at least 4 members (excludes halogenated alkanes) is 4. The van der Waals surface area contributed by atoms with Gasteiger partial charge in [-0.15, -0.1) is 0 Å². The third kappa shape index (κ3) is 6.89. The molecular weight excluding hydrogens is 254 g/mol. The fraction of sp³-hybridized carbons (Fsp3) is 0.625. The van der Waals surface area contributed by atoms with Gasteiger partial charge in [0, 0.05) is 13.1 Å². The number of benzene rings is 1. The third-order valence-electron chi connectivity index (χ3n) is 3.38. The predicted molar refractivity (Wildman–Crippen MR) is 80.5 cm³/mol. The molecule has 0 spiro atoms. The molecule has 0 aliphatic heterocycles. The van der Waals surface area contributed by atoms with E-state index in [9.17, 15) is 5.11 Å². The maximum atomic E-state index is 9.56. The van der Waals surface area contributed by atoms with Gasteiger partial charge >= 0.3 is 0 Å². The molecule has 0 aliphatic carbocycles. The fourth-order valence-corrected chi connectivity index (χ4v) is 2.28. The van der Waals surface area contributed by atoms with Crippen LogP contribution >= 0.6 is 0 Å². The monoisotopic (exact) mass is 281 g/mol. The lowest BCUT2D eigenvalue weighted by Crippen LogP contribution is -2.26. The van der Waals surface area contributed by atoms with Crippen molar-refractivity contribution in [1.29, 1.82) is 0 Å². The summed E-state index contributed by atoms with van der Waals surface area (Å²) in [6.07, 6.45) is 5.86. The Balaban J connectivity index is 2.47. The highest BCUT2D eigenvalue weighted by molar-refractivity contribution is 5.35. The standard InChI is InChI=1S/C16H27NO3/c1-2-3-4-5-6-7-13-8-9-15(18)10-14(13)11-17-12-16(19)20/h8-10,16-20H,2-7,11-12H2,1H3. The van der Waals surface area contributed by atoms with E-state index in [0.717, 1.165) is 18.4 Å². The van der Waals surface area contributed by atoms with E-state index in [1.807, 2.05) is 6.07 Å². The van der Waals surface area contributed by atoms with Crippen LogP contribution in [0, 0.1) is 0 Å². The molecule has 4 N–H and O–H groups in total. The first-order valence-corrected chi connectivity index (χ1v) is 7.51. The van der Waals surface area contributed by atoms with Gasteiger partial charge in [0.15, 0.2) is 6.29 Å². The van der Waals surface area contributed by atoms with Crippen molar-refractivity contribution in [3.8, 4) is 5.75 Å². The van der Waals surface area contributed by atoms with Crippen LogP contribution < -0.4 is 5.32 Å². The molecule has 114 valence electrons. The van der Waals surface area contributed by atoms with Crippen molar-refractivity contribution in [1.82, 2.24) is 5.32 Å². The van der Waals surface area contributed by atoms with Crippen LogP contribution in [0.25, 0.3) is 0 Å². The van der Waals surface area contributed by atoms with Crippen LogP contribution in [-0.4, -0.2) is 28.2 Å². The number of nitrogens with one attached hydrogen (secondary N) is 1. The number of rotatable bonds is 10. The highest BCUT2D eigenvalue weighted by Crippen LogP contribution is 2.19. The highest BCUT2D eigenvalue weighted by atomic mass is 16.5. The zero-order chi connectivity index (χ0) is 14.8. The summed E-state index contributed by atoms with van der Waals surface area (Å²) in [5.41, 5.74) is 2.25. The van der Waals surface area contributed by atoms with Crippen LogP contribution in [0.5, 0.6) is 5.75 Å². The first-order valence-electron chi connectivity index (χ1n) is 7.51. The summed E-state index contributed by atoms with van der Waals surface area (Å²) in [7, 11) is 0. The van der Waals surface area contributed by atoms with E-state index in [2.05, 4.69) is 12.2 Å². The van der Waals surface area contributed by atoms with Crippen molar-refractivity contribution < 1.29 is 15.3 Å². The molecule has 1 aromatic carbocycles. The second-order valence-electron chi connectivity index (χ2n) is 5.23. The van der Waals surface area contributed by atoms with Gasteiger partial charge in [-0.2, -0.15) is 0 Å². The molecule has 0 aliphatic rings. The molecular formula is C16H27NO3. The van der Waals surface area contributed by atoms with Crippen LogP contribution in [0.3, 0.4) is 0 Å². The molecule has 0 radical (unpaired) electrons. The van der Waals surface area contributed by atoms with E-state index < -0.39 is 6.29 Å². The van der Waals surface area contributed by atoms with Gasteiger partial charge in [0.1, 0.15) is 5.75 Å². The molecule has 20 heavy (non-hydrogen) atoms. The van der Waals surface area contributed by atoms with Gasteiger partial charge in [0.25, 0.3) is 0 Å².